The Hall–Kier alpha value is -3.81. The molecule has 0 unspecified atom stereocenters. The highest BCUT2D eigenvalue weighted by Crippen LogP contribution is 2.17. The van der Waals surface area contributed by atoms with E-state index < -0.39 is 12.1 Å². The molecule has 162 valence electrons. The van der Waals surface area contributed by atoms with Crippen LogP contribution in [0.15, 0.2) is 91.0 Å². The Labute approximate surface area is 189 Å². The molecular formula is C28H26O4. The summed E-state index contributed by atoms with van der Waals surface area (Å²) >= 11 is 0. The topological polar surface area (TPSA) is 55.8 Å². The summed E-state index contributed by atoms with van der Waals surface area (Å²) in [5, 5.41) is 9.23. The first kappa shape index (κ1) is 22.9. The summed E-state index contributed by atoms with van der Waals surface area (Å²) in [5.41, 5.74) is 3.77. The van der Waals surface area contributed by atoms with Crippen LogP contribution in [0.4, 0.5) is 0 Å². The Morgan fingerprint density at radius 2 is 1.62 bits per heavy atom. The van der Waals surface area contributed by atoms with Crippen LogP contribution in [-0.2, 0) is 16.0 Å². The van der Waals surface area contributed by atoms with Crippen molar-refractivity contribution in [2.24, 2.45) is 0 Å². The summed E-state index contributed by atoms with van der Waals surface area (Å²) < 4.78 is 11.1. The number of hydrogen-bond donors (Lipinski definition) is 1. The van der Waals surface area contributed by atoms with Crippen molar-refractivity contribution < 1.29 is 19.4 Å². The highest BCUT2D eigenvalue weighted by molar-refractivity contribution is 5.79. The van der Waals surface area contributed by atoms with Crippen molar-refractivity contribution in [3.8, 4) is 17.6 Å². The van der Waals surface area contributed by atoms with Crippen molar-refractivity contribution in [1.29, 1.82) is 0 Å². The van der Waals surface area contributed by atoms with E-state index in [-0.39, 0.29) is 0 Å². The normalized spacial score (nSPS) is 11.8. The monoisotopic (exact) mass is 426 g/mol. The van der Waals surface area contributed by atoms with Gasteiger partial charge in [-0.05, 0) is 48.4 Å². The van der Waals surface area contributed by atoms with Crippen molar-refractivity contribution >= 4 is 11.5 Å². The van der Waals surface area contributed by atoms with Crippen molar-refractivity contribution in [2.45, 2.75) is 19.4 Å². The van der Waals surface area contributed by atoms with Gasteiger partial charge in [0.05, 0.1) is 0 Å². The zero-order chi connectivity index (χ0) is 22.6. The minimum atomic E-state index is -0.956. The minimum absolute atomic E-state index is 0.316. The van der Waals surface area contributed by atoms with Crippen LogP contribution in [-0.4, -0.2) is 30.4 Å². The lowest BCUT2D eigenvalue weighted by Crippen LogP contribution is -2.26. The standard InChI is InChI=1S/C28H26O4/c1-2-31-27(28(29)30)21-23-14-17-26(18-15-23)32-20-19-25(24-11-7-4-8-12-24)16-13-22-9-5-3-6-10-22/h3-12,14-15,17-19,27H,2,20-21H2,1H3,(H,29,30)/b25-19+/t27-/m0/s1. The van der Waals surface area contributed by atoms with Gasteiger partial charge in [0.15, 0.2) is 6.10 Å². The molecule has 0 aliphatic rings. The third kappa shape index (κ3) is 7.16. The fourth-order valence-electron chi connectivity index (χ4n) is 3.10. The second kappa shape index (κ2) is 12.1. The van der Waals surface area contributed by atoms with Gasteiger partial charge in [-0.15, -0.1) is 0 Å². The first-order valence-electron chi connectivity index (χ1n) is 10.5. The van der Waals surface area contributed by atoms with Gasteiger partial charge in [0, 0.05) is 24.2 Å². The number of aliphatic carboxylic acids is 1. The lowest BCUT2D eigenvalue weighted by molar-refractivity contribution is -0.149. The Morgan fingerprint density at radius 1 is 0.969 bits per heavy atom. The number of allylic oxidation sites excluding steroid dienone is 1. The predicted molar refractivity (Wildman–Crippen MR) is 126 cm³/mol. The van der Waals surface area contributed by atoms with Gasteiger partial charge in [-0.3, -0.25) is 0 Å². The maximum Gasteiger partial charge on any atom is 0.333 e. The average molecular weight is 427 g/mol. The number of carbonyl (C=O) groups is 1. The Kier molecular flexibility index (Phi) is 8.68. The number of carboxylic acids is 1. The molecule has 3 aromatic carbocycles. The van der Waals surface area contributed by atoms with Crippen LogP contribution >= 0.6 is 0 Å². The van der Waals surface area contributed by atoms with Gasteiger partial charge >= 0.3 is 5.97 Å². The van der Waals surface area contributed by atoms with Crippen LogP contribution in [0.2, 0.25) is 0 Å². The van der Waals surface area contributed by atoms with E-state index in [2.05, 4.69) is 11.8 Å². The van der Waals surface area contributed by atoms with Gasteiger partial charge in [0.2, 0.25) is 0 Å². The minimum Gasteiger partial charge on any atom is -0.489 e. The Bertz CT molecular complexity index is 1080. The third-order valence-electron chi connectivity index (χ3n) is 4.73. The summed E-state index contributed by atoms with van der Waals surface area (Å²) in [4.78, 5) is 11.3. The van der Waals surface area contributed by atoms with Gasteiger partial charge in [-0.25, -0.2) is 4.79 Å². The molecule has 0 fully saturated rings. The number of hydrogen-bond acceptors (Lipinski definition) is 3. The van der Waals surface area contributed by atoms with E-state index in [4.69, 9.17) is 9.47 Å². The van der Waals surface area contributed by atoms with E-state index in [0.717, 1.165) is 22.3 Å². The van der Waals surface area contributed by atoms with E-state index in [1.54, 1.807) is 6.92 Å². The highest BCUT2D eigenvalue weighted by Gasteiger charge is 2.17. The fourth-order valence-corrected chi connectivity index (χ4v) is 3.10. The Morgan fingerprint density at radius 3 is 2.25 bits per heavy atom. The van der Waals surface area contributed by atoms with Crippen LogP contribution in [0.3, 0.4) is 0 Å². The summed E-state index contributed by atoms with van der Waals surface area (Å²) in [6.45, 7) is 2.51. The van der Waals surface area contributed by atoms with E-state index in [1.165, 1.54) is 0 Å². The molecule has 4 nitrogen and oxygen atoms in total. The molecule has 0 bridgehead atoms. The SMILES string of the molecule is CCO[C@@H](Cc1ccc(OC/C=C(\C#Cc2ccccc2)c2ccccc2)cc1)C(=O)O. The van der Waals surface area contributed by atoms with E-state index in [0.29, 0.717) is 25.4 Å². The molecule has 1 atom stereocenters. The molecule has 0 saturated carbocycles. The lowest BCUT2D eigenvalue weighted by atomic mass is 10.1. The van der Waals surface area contributed by atoms with Gasteiger partial charge < -0.3 is 14.6 Å². The average Bonchev–Trinajstić information content (AvgIpc) is 2.83. The first-order chi connectivity index (χ1) is 15.7. The van der Waals surface area contributed by atoms with Gasteiger partial charge in [-0.1, -0.05) is 72.5 Å². The second-order valence-electron chi connectivity index (χ2n) is 7.04. The molecule has 32 heavy (non-hydrogen) atoms. The van der Waals surface area contributed by atoms with E-state index in [1.807, 2.05) is 91.0 Å². The molecule has 3 rings (SSSR count). The molecule has 3 aromatic rings. The lowest BCUT2D eigenvalue weighted by Gasteiger charge is -2.12. The molecule has 0 amide bonds. The number of ether oxygens (including phenoxy) is 2. The largest absolute Gasteiger partial charge is 0.489 e. The maximum absolute atomic E-state index is 11.3. The zero-order valence-electron chi connectivity index (χ0n) is 18.0. The number of carboxylic acid groups (broad SMARTS) is 1. The highest BCUT2D eigenvalue weighted by atomic mass is 16.5. The maximum atomic E-state index is 11.3. The van der Waals surface area contributed by atoms with Crippen LogP contribution in [0, 0.1) is 11.8 Å². The summed E-state index contributed by atoms with van der Waals surface area (Å²) in [7, 11) is 0. The molecule has 0 saturated heterocycles. The van der Waals surface area contributed by atoms with E-state index >= 15 is 0 Å². The second-order valence-corrected chi connectivity index (χ2v) is 7.04. The summed E-state index contributed by atoms with van der Waals surface area (Å²) in [6, 6.07) is 27.3. The van der Waals surface area contributed by atoms with Gasteiger partial charge in [-0.2, -0.15) is 0 Å². The predicted octanol–water partition coefficient (Wildman–Crippen LogP) is 5.23. The fraction of sp³-hybridized carbons (Fsp3) is 0.179. The molecule has 4 heteroatoms. The molecule has 0 aliphatic carbocycles. The molecular weight excluding hydrogens is 400 g/mol. The third-order valence-corrected chi connectivity index (χ3v) is 4.73. The van der Waals surface area contributed by atoms with Crippen LogP contribution in [0.25, 0.3) is 5.57 Å². The zero-order valence-corrected chi connectivity index (χ0v) is 18.0. The number of benzene rings is 3. The van der Waals surface area contributed by atoms with Crippen molar-refractivity contribution in [1.82, 2.24) is 0 Å². The van der Waals surface area contributed by atoms with Crippen molar-refractivity contribution in [2.75, 3.05) is 13.2 Å². The molecule has 0 heterocycles. The quantitative estimate of drug-likeness (QED) is 0.476. The van der Waals surface area contributed by atoms with Gasteiger partial charge in [0.1, 0.15) is 12.4 Å². The molecule has 1 N–H and O–H groups in total. The Balaban J connectivity index is 1.67. The van der Waals surface area contributed by atoms with E-state index in [9.17, 15) is 9.90 Å². The van der Waals surface area contributed by atoms with Crippen LogP contribution in [0.5, 0.6) is 5.75 Å². The van der Waals surface area contributed by atoms with Crippen LogP contribution in [0.1, 0.15) is 23.6 Å². The van der Waals surface area contributed by atoms with Gasteiger partial charge in [0.25, 0.3) is 0 Å². The number of rotatable bonds is 9. The summed E-state index contributed by atoms with van der Waals surface area (Å²) in [5.74, 6) is 6.21. The summed E-state index contributed by atoms with van der Waals surface area (Å²) in [6.07, 6.45) is 1.44. The molecule has 0 radical (unpaired) electrons. The van der Waals surface area contributed by atoms with Crippen molar-refractivity contribution in [3.63, 3.8) is 0 Å². The molecule has 0 aliphatic heterocycles. The van der Waals surface area contributed by atoms with Crippen molar-refractivity contribution in [3.05, 3.63) is 108 Å². The first-order valence-corrected chi connectivity index (χ1v) is 10.5. The van der Waals surface area contributed by atoms with Crippen LogP contribution < -0.4 is 4.74 Å². The molecule has 0 aromatic heterocycles. The smallest absolute Gasteiger partial charge is 0.333 e. The molecule has 0 spiro atoms.